The van der Waals surface area contributed by atoms with Crippen LogP contribution in [0.5, 0.6) is 0 Å². The molecule has 0 bridgehead atoms. The number of carbonyl (C=O) groups excluding carboxylic acids is 2. The Kier molecular flexibility index (Phi) is 6.01. The van der Waals surface area contributed by atoms with Gasteiger partial charge in [0, 0.05) is 24.7 Å². The first kappa shape index (κ1) is 21.3. The third kappa shape index (κ3) is 5.73. The number of hydrogen-bond donors (Lipinski definition) is 2. The minimum Gasteiger partial charge on any atom is -0.348 e. The summed E-state index contributed by atoms with van der Waals surface area (Å²) in [4.78, 5) is 23.2. The summed E-state index contributed by atoms with van der Waals surface area (Å²) in [7, 11) is 0. The first-order chi connectivity index (χ1) is 12.9. The predicted octanol–water partition coefficient (Wildman–Crippen LogP) is 4.61. The Morgan fingerprint density at radius 1 is 0.893 bits per heavy atom. The van der Waals surface area contributed by atoms with Crippen LogP contribution >= 0.6 is 0 Å². The molecule has 0 spiro atoms. The van der Waals surface area contributed by atoms with Gasteiger partial charge in [-0.3, -0.25) is 9.59 Å². The fourth-order valence-corrected chi connectivity index (χ4v) is 2.33. The van der Waals surface area contributed by atoms with Crippen LogP contribution in [0.3, 0.4) is 0 Å². The van der Waals surface area contributed by atoms with E-state index in [9.17, 15) is 35.9 Å². The van der Waals surface area contributed by atoms with Crippen LogP contribution in [-0.2, 0) is 23.7 Å². The molecule has 2 aromatic rings. The Morgan fingerprint density at radius 3 is 1.96 bits per heavy atom. The van der Waals surface area contributed by atoms with E-state index in [2.05, 4.69) is 10.6 Å². The van der Waals surface area contributed by atoms with Gasteiger partial charge in [-0.15, -0.1) is 0 Å². The maximum Gasteiger partial charge on any atom is 0.416 e. The molecule has 150 valence electrons. The van der Waals surface area contributed by atoms with Crippen molar-refractivity contribution in [2.45, 2.75) is 25.8 Å². The summed E-state index contributed by atoms with van der Waals surface area (Å²) >= 11 is 0. The molecule has 4 nitrogen and oxygen atoms in total. The number of benzene rings is 2. The minimum absolute atomic E-state index is 0.0479. The highest BCUT2D eigenvalue weighted by molar-refractivity contribution is 5.94. The Bertz CT molecular complexity index is 858. The van der Waals surface area contributed by atoms with E-state index < -0.39 is 35.0 Å². The van der Waals surface area contributed by atoms with Gasteiger partial charge in [0.25, 0.3) is 5.91 Å². The monoisotopic (exact) mass is 404 g/mol. The Morgan fingerprint density at radius 2 is 1.46 bits per heavy atom. The van der Waals surface area contributed by atoms with E-state index in [1.165, 1.54) is 13.0 Å². The van der Waals surface area contributed by atoms with Crippen LogP contribution < -0.4 is 10.6 Å². The average molecular weight is 404 g/mol. The molecule has 0 fully saturated rings. The molecule has 0 saturated heterocycles. The van der Waals surface area contributed by atoms with Crippen molar-refractivity contribution in [2.24, 2.45) is 0 Å². The van der Waals surface area contributed by atoms with Gasteiger partial charge in [0.05, 0.1) is 11.1 Å². The lowest BCUT2D eigenvalue weighted by atomic mass is 10.0. The molecule has 0 saturated carbocycles. The summed E-state index contributed by atoms with van der Waals surface area (Å²) in [5, 5.41) is 4.78. The Labute approximate surface area is 155 Å². The van der Waals surface area contributed by atoms with Crippen LogP contribution in [0.2, 0.25) is 0 Å². The minimum atomic E-state index is -5.04. The topological polar surface area (TPSA) is 58.2 Å². The molecule has 2 amide bonds. The van der Waals surface area contributed by atoms with E-state index >= 15 is 0 Å². The smallest absolute Gasteiger partial charge is 0.348 e. The summed E-state index contributed by atoms with van der Waals surface area (Å²) < 4.78 is 77.2. The first-order valence-corrected chi connectivity index (χ1v) is 7.80. The normalized spacial score (nSPS) is 11.8. The SMILES string of the molecule is CC(=O)Nc1cccc(CNC(=O)c2cc(C(F)(F)F)cc(C(F)(F)F)c2)c1. The van der Waals surface area contributed by atoms with E-state index in [0.717, 1.165) is 0 Å². The fraction of sp³-hybridized carbons (Fsp3) is 0.222. The molecule has 0 aliphatic heterocycles. The van der Waals surface area contributed by atoms with Crippen LogP contribution in [0.15, 0.2) is 42.5 Å². The van der Waals surface area contributed by atoms with Crippen LogP contribution in [0.25, 0.3) is 0 Å². The zero-order chi connectivity index (χ0) is 21.1. The van der Waals surface area contributed by atoms with Gasteiger partial charge >= 0.3 is 12.4 Å². The van der Waals surface area contributed by atoms with Crippen molar-refractivity contribution in [3.63, 3.8) is 0 Å². The summed E-state index contributed by atoms with van der Waals surface area (Å²) in [5.41, 5.74) is -2.99. The summed E-state index contributed by atoms with van der Waals surface area (Å²) in [6, 6.07) is 6.89. The number of anilines is 1. The van der Waals surface area contributed by atoms with Crippen LogP contribution in [0.1, 0.15) is 34.0 Å². The van der Waals surface area contributed by atoms with Gasteiger partial charge in [0.2, 0.25) is 5.91 Å². The van der Waals surface area contributed by atoms with Gasteiger partial charge in [-0.25, -0.2) is 0 Å². The molecule has 10 heteroatoms. The zero-order valence-electron chi connectivity index (χ0n) is 14.3. The van der Waals surface area contributed by atoms with E-state index in [1.54, 1.807) is 18.2 Å². The van der Waals surface area contributed by atoms with Crippen molar-refractivity contribution >= 4 is 17.5 Å². The molecular formula is C18H14F6N2O2. The molecule has 28 heavy (non-hydrogen) atoms. The van der Waals surface area contributed by atoms with Crippen molar-refractivity contribution in [3.05, 3.63) is 64.7 Å². The van der Waals surface area contributed by atoms with Gasteiger partial charge in [0.1, 0.15) is 0 Å². The lowest BCUT2D eigenvalue weighted by Gasteiger charge is -2.14. The molecule has 0 radical (unpaired) electrons. The van der Waals surface area contributed by atoms with Crippen LogP contribution in [0.4, 0.5) is 32.0 Å². The van der Waals surface area contributed by atoms with Crippen molar-refractivity contribution in [2.75, 3.05) is 5.32 Å². The number of nitrogens with one attached hydrogen (secondary N) is 2. The van der Waals surface area contributed by atoms with Crippen LogP contribution in [-0.4, -0.2) is 11.8 Å². The lowest BCUT2D eigenvalue weighted by Crippen LogP contribution is -2.24. The number of amides is 2. The highest BCUT2D eigenvalue weighted by atomic mass is 19.4. The molecule has 2 rings (SSSR count). The highest BCUT2D eigenvalue weighted by Gasteiger charge is 2.37. The predicted molar refractivity (Wildman–Crippen MR) is 88.4 cm³/mol. The second-order valence-electron chi connectivity index (χ2n) is 5.86. The van der Waals surface area contributed by atoms with Crippen molar-refractivity contribution < 1.29 is 35.9 Å². The second-order valence-corrected chi connectivity index (χ2v) is 5.86. The molecule has 0 aliphatic rings. The third-order valence-electron chi connectivity index (χ3n) is 3.55. The maximum atomic E-state index is 12.9. The third-order valence-corrected chi connectivity index (χ3v) is 3.55. The van der Waals surface area contributed by atoms with Crippen molar-refractivity contribution in [1.29, 1.82) is 0 Å². The van der Waals surface area contributed by atoms with Gasteiger partial charge in [0.15, 0.2) is 0 Å². The van der Waals surface area contributed by atoms with Crippen LogP contribution in [0, 0.1) is 0 Å². The van der Waals surface area contributed by atoms with Gasteiger partial charge in [-0.2, -0.15) is 26.3 Å². The standard InChI is InChI=1S/C18H14F6N2O2/c1-10(27)26-15-4-2-3-11(5-15)9-25-16(28)12-6-13(17(19,20)21)8-14(7-12)18(22,23)24/h2-8H,9H2,1H3,(H,25,28)(H,26,27). The van der Waals surface area contributed by atoms with Gasteiger partial charge in [-0.05, 0) is 35.9 Å². The Balaban J connectivity index is 2.23. The number of halogens is 6. The van der Waals surface area contributed by atoms with E-state index in [4.69, 9.17) is 0 Å². The molecule has 0 unspecified atom stereocenters. The zero-order valence-corrected chi connectivity index (χ0v) is 14.3. The number of hydrogen-bond acceptors (Lipinski definition) is 2. The van der Waals surface area contributed by atoms with E-state index in [0.29, 0.717) is 23.4 Å². The lowest BCUT2D eigenvalue weighted by molar-refractivity contribution is -0.143. The summed E-state index contributed by atoms with van der Waals surface area (Å²) in [5.74, 6) is -1.42. The Hall–Kier alpha value is -3.04. The summed E-state index contributed by atoms with van der Waals surface area (Å²) in [6.45, 7) is 1.13. The molecule has 0 aliphatic carbocycles. The quantitative estimate of drug-likeness (QED) is 0.731. The largest absolute Gasteiger partial charge is 0.416 e. The maximum absolute atomic E-state index is 12.9. The van der Waals surface area contributed by atoms with Gasteiger partial charge in [-0.1, -0.05) is 12.1 Å². The highest BCUT2D eigenvalue weighted by Crippen LogP contribution is 2.36. The molecule has 2 aromatic carbocycles. The number of alkyl halides is 6. The second kappa shape index (κ2) is 7.91. The molecule has 0 heterocycles. The fourth-order valence-electron chi connectivity index (χ4n) is 2.33. The van der Waals surface area contributed by atoms with Gasteiger partial charge < -0.3 is 10.6 Å². The average Bonchev–Trinajstić information content (AvgIpc) is 2.57. The molecular weight excluding hydrogens is 390 g/mol. The van der Waals surface area contributed by atoms with Crippen molar-refractivity contribution in [1.82, 2.24) is 5.32 Å². The van der Waals surface area contributed by atoms with E-state index in [-0.39, 0.29) is 18.5 Å². The summed E-state index contributed by atoms with van der Waals surface area (Å²) in [6.07, 6.45) is -10.1. The number of rotatable bonds is 4. The molecule has 0 aromatic heterocycles. The number of carbonyl (C=O) groups is 2. The molecule has 2 N–H and O–H groups in total. The first-order valence-electron chi connectivity index (χ1n) is 7.80. The molecule has 0 atom stereocenters. The van der Waals surface area contributed by atoms with Crippen molar-refractivity contribution in [3.8, 4) is 0 Å². The van der Waals surface area contributed by atoms with E-state index in [1.807, 2.05) is 0 Å².